The molecule has 14 nitrogen and oxygen atoms in total. The lowest BCUT2D eigenvalue weighted by Gasteiger charge is -2.25. The number of benzene rings is 1. The summed E-state index contributed by atoms with van der Waals surface area (Å²) >= 11 is 1.38. The van der Waals surface area contributed by atoms with Gasteiger partial charge in [-0.05, 0) is 49.0 Å². The van der Waals surface area contributed by atoms with Gasteiger partial charge in [-0.15, -0.1) is 0 Å². The summed E-state index contributed by atoms with van der Waals surface area (Å²) in [6, 6.07) is 0.671. The van der Waals surface area contributed by atoms with E-state index in [4.69, 9.17) is 16.6 Å². The number of carbonyl (C=O) groups excluding carboxylic acids is 4. The zero-order valence-corrected chi connectivity index (χ0v) is 22.2. The van der Waals surface area contributed by atoms with Crippen LogP contribution < -0.4 is 27.4 Å². The number of aromatic hydroxyl groups is 1. The monoisotopic (exact) mass is 569 g/mol. The van der Waals surface area contributed by atoms with Crippen LogP contribution >= 0.6 is 11.8 Å². The molecule has 0 aliphatic heterocycles. The highest BCUT2D eigenvalue weighted by atomic mass is 32.2. The van der Waals surface area contributed by atoms with E-state index in [0.29, 0.717) is 11.3 Å². The topological polar surface area (TPSA) is 251 Å². The van der Waals surface area contributed by atoms with Crippen molar-refractivity contribution in [3.63, 3.8) is 0 Å². The van der Waals surface area contributed by atoms with Gasteiger partial charge in [0.15, 0.2) is 0 Å². The molecule has 0 spiro atoms. The molecule has 15 heteroatoms. The van der Waals surface area contributed by atoms with Crippen LogP contribution in [0.25, 0.3) is 0 Å². The Bertz CT molecular complexity index is 1020. The van der Waals surface area contributed by atoms with Gasteiger partial charge in [0.25, 0.3) is 0 Å². The summed E-state index contributed by atoms with van der Waals surface area (Å²) in [4.78, 5) is 72.4. The summed E-state index contributed by atoms with van der Waals surface area (Å²) in [5.41, 5.74) is 11.3. The first-order valence-electron chi connectivity index (χ1n) is 12.0. The highest BCUT2D eigenvalue weighted by Crippen LogP contribution is 2.12. The quantitative estimate of drug-likeness (QED) is 0.103. The lowest BCUT2D eigenvalue weighted by Crippen LogP contribution is -2.57. The lowest BCUT2D eigenvalue weighted by molar-refractivity contribution is -0.142. The fourth-order valence-corrected chi connectivity index (χ4v) is 3.83. The van der Waals surface area contributed by atoms with Gasteiger partial charge in [-0.1, -0.05) is 12.1 Å². The number of nitrogens with one attached hydrogen (secondary N) is 3. The molecule has 0 fully saturated rings. The Morgan fingerprint density at radius 3 is 1.87 bits per heavy atom. The molecule has 4 amide bonds. The zero-order chi connectivity index (χ0) is 29.5. The molecule has 0 bridgehead atoms. The molecule has 0 saturated heterocycles. The fraction of sp³-hybridized carbons (Fsp3) is 0.500. The molecule has 39 heavy (non-hydrogen) atoms. The molecule has 0 radical (unpaired) electrons. The third-order valence-electron chi connectivity index (χ3n) is 5.55. The first-order valence-corrected chi connectivity index (χ1v) is 13.4. The summed E-state index contributed by atoms with van der Waals surface area (Å²) in [6.07, 6.45) is 0.727. The van der Waals surface area contributed by atoms with E-state index in [9.17, 15) is 39.0 Å². The molecule has 1 aromatic rings. The second-order valence-electron chi connectivity index (χ2n) is 8.72. The minimum absolute atomic E-state index is 0.00660. The minimum Gasteiger partial charge on any atom is -0.508 e. The average molecular weight is 570 g/mol. The SMILES string of the molecule is CSCCC(NC(=O)C(CCC(=O)O)NC(=O)C(N)CCC(N)=O)C(=O)NC(Cc1ccc(O)cc1)C(=O)O. The molecule has 0 aromatic heterocycles. The Morgan fingerprint density at radius 1 is 0.821 bits per heavy atom. The molecular formula is C24H35N5O9S. The predicted molar refractivity (Wildman–Crippen MR) is 142 cm³/mol. The maximum Gasteiger partial charge on any atom is 0.326 e. The Hall–Kier alpha value is -3.85. The molecule has 4 unspecified atom stereocenters. The predicted octanol–water partition coefficient (Wildman–Crippen LogP) is -1.32. The van der Waals surface area contributed by atoms with E-state index in [-0.39, 0.29) is 37.9 Å². The number of hydrogen-bond acceptors (Lipinski definition) is 9. The second kappa shape index (κ2) is 16.9. The summed E-state index contributed by atoms with van der Waals surface area (Å²) in [6.45, 7) is 0. The number of carbonyl (C=O) groups is 6. The van der Waals surface area contributed by atoms with Gasteiger partial charge in [0.1, 0.15) is 23.9 Å². The van der Waals surface area contributed by atoms with Crippen molar-refractivity contribution in [2.24, 2.45) is 11.5 Å². The standard InChI is InChI=1S/C24H35N5O9S/c1-39-11-10-17(23(36)29-18(24(37)38)12-13-2-4-14(30)5-3-13)28-22(35)16(7-9-20(32)33)27-21(34)15(25)6-8-19(26)31/h2-5,15-18,30H,6-12,25H2,1H3,(H2,26,31)(H,27,34)(H,28,35)(H,29,36)(H,32,33)(H,37,38). The number of phenols is 1. The van der Waals surface area contributed by atoms with Crippen LogP contribution in [0, 0.1) is 0 Å². The van der Waals surface area contributed by atoms with Crippen molar-refractivity contribution in [2.45, 2.75) is 62.7 Å². The maximum atomic E-state index is 13.0. The van der Waals surface area contributed by atoms with Crippen molar-refractivity contribution in [1.29, 1.82) is 0 Å². The highest BCUT2D eigenvalue weighted by Gasteiger charge is 2.30. The molecule has 1 aromatic carbocycles. The lowest BCUT2D eigenvalue weighted by atomic mass is 10.0. The molecule has 0 heterocycles. The van der Waals surface area contributed by atoms with Gasteiger partial charge in [0, 0.05) is 19.3 Å². The molecule has 1 rings (SSSR count). The summed E-state index contributed by atoms with van der Waals surface area (Å²) in [5.74, 6) is -5.27. The fourth-order valence-electron chi connectivity index (χ4n) is 3.36. The van der Waals surface area contributed by atoms with Gasteiger partial charge in [0.05, 0.1) is 6.04 Å². The third-order valence-corrected chi connectivity index (χ3v) is 6.20. The summed E-state index contributed by atoms with van der Waals surface area (Å²) < 4.78 is 0. The number of amides is 4. The van der Waals surface area contributed by atoms with E-state index in [0.717, 1.165) is 0 Å². The Labute approximate surface area is 229 Å². The van der Waals surface area contributed by atoms with E-state index < -0.39 is 66.2 Å². The van der Waals surface area contributed by atoms with E-state index >= 15 is 0 Å². The van der Waals surface area contributed by atoms with Gasteiger partial charge >= 0.3 is 11.9 Å². The number of thioether (sulfide) groups is 1. The first kappa shape index (κ1) is 33.2. The number of carboxylic acids is 2. The Kier molecular flexibility index (Phi) is 14.4. The molecule has 0 aliphatic rings. The summed E-state index contributed by atoms with van der Waals surface area (Å²) in [7, 11) is 0. The van der Waals surface area contributed by atoms with E-state index in [1.807, 2.05) is 0 Å². The van der Waals surface area contributed by atoms with E-state index in [1.165, 1.54) is 36.0 Å². The van der Waals surface area contributed by atoms with Crippen LogP contribution in [0.3, 0.4) is 0 Å². The molecule has 4 atom stereocenters. The normalized spacial score (nSPS) is 13.8. The van der Waals surface area contributed by atoms with Gasteiger partial charge in [-0.2, -0.15) is 11.8 Å². The molecule has 216 valence electrons. The number of rotatable bonds is 18. The van der Waals surface area contributed by atoms with Crippen LogP contribution in [-0.4, -0.2) is 87.1 Å². The van der Waals surface area contributed by atoms with Crippen LogP contribution in [0.2, 0.25) is 0 Å². The molecule has 0 aliphatic carbocycles. The number of primary amides is 1. The largest absolute Gasteiger partial charge is 0.508 e. The van der Waals surface area contributed by atoms with Gasteiger partial charge in [0.2, 0.25) is 23.6 Å². The van der Waals surface area contributed by atoms with Crippen LogP contribution in [0.15, 0.2) is 24.3 Å². The number of nitrogens with two attached hydrogens (primary N) is 2. The number of carboxylic acid groups (broad SMARTS) is 2. The Balaban J connectivity index is 3.01. The van der Waals surface area contributed by atoms with Crippen molar-refractivity contribution < 1.29 is 44.1 Å². The summed E-state index contributed by atoms with van der Waals surface area (Å²) in [5, 5.41) is 35.3. The second-order valence-corrected chi connectivity index (χ2v) is 9.70. The third kappa shape index (κ3) is 13.0. The van der Waals surface area contributed by atoms with Crippen molar-refractivity contribution in [1.82, 2.24) is 16.0 Å². The van der Waals surface area contributed by atoms with Crippen LogP contribution in [0.1, 0.15) is 37.7 Å². The average Bonchev–Trinajstić information content (AvgIpc) is 2.87. The molecule has 0 saturated carbocycles. The minimum atomic E-state index is -1.37. The maximum absolute atomic E-state index is 13.0. The Morgan fingerprint density at radius 2 is 1.36 bits per heavy atom. The molecular weight excluding hydrogens is 534 g/mol. The van der Waals surface area contributed by atoms with Crippen molar-refractivity contribution in [3.05, 3.63) is 29.8 Å². The first-order chi connectivity index (χ1) is 18.3. The van der Waals surface area contributed by atoms with E-state index in [1.54, 1.807) is 6.26 Å². The highest BCUT2D eigenvalue weighted by molar-refractivity contribution is 7.98. The van der Waals surface area contributed by atoms with Crippen molar-refractivity contribution in [2.75, 3.05) is 12.0 Å². The van der Waals surface area contributed by atoms with Crippen LogP contribution in [0.4, 0.5) is 0 Å². The van der Waals surface area contributed by atoms with Gasteiger partial charge in [-0.3, -0.25) is 24.0 Å². The molecule has 10 N–H and O–H groups in total. The smallest absolute Gasteiger partial charge is 0.326 e. The van der Waals surface area contributed by atoms with Crippen LogP contribution in [-0.2, 0) is 35.2 Å². The number of hydrogen-bond donors (Lipinski definition) is 8. The van der Waals surface area contributed by atoms with Gasteiger partial charge < -0.3 is 42.7 Å². The van der Waals surface area contributed by atoms with Crippen molar-refractivity contribution >= 4 is 47.3 Å². The van der Waals surface area contributed by atoms with Crippen molar-refractivity contribution in [3.8, 4) is 5.75 Å². The van der Waals surface area contributed by atoms with E-state index in [2.05, 4.69) is 16.0 Å². The number of aliphatic carboxylic acids is 2. The zero-order valence-electron chi connectivity index (χ0n) is 21.4. The number of phenolic OH excluding ortho intramolecular Hbond substituents is 1. The van der Waals surface area contributed by atoms with Gasteiger partial charge in [-0.25, -0.2) is 4.79 Å². The van der Waals surface area contributed by atoms with Crippen LogP contribution in [0.5, 0.6) is 5.75 Å².